The number of carbonyl (C=O) groups excluding carboxylic acids is 1. The number of hydrogen-bond acceptors (Lipinski definition) is 3. The van der Waals surface area contributed by atoms with E-state index in [-0.39, 0.29) is 12.2 Å². The Bertz CT molecular complexity index is 839. The Hall–Kier alpha value is -2.14. The predicted octanol–water partition coefficient (Wildman–Crippen LogP) is 3.34. The zero-order valence-electron chi connectivity index (χ0n) is 11.5. The minimum atomic E-state index is -0.00183. The summed E-state index contributed by atoms with van der Waals surface area (Å²) in [4.78, 5) is 12.5. The Kier molecular flexibility index (Phi) is 3.51. The maximum Gasteiger partial charge on any atom is 0.170 e. The number of aromatic nitrogens is 2. The second-order valence-electron chi connectivity index (χ2n) is 4.93. The summed E-state index contributed by atoms with van der Waals surface area (Å²) in [6.45, 7) is 0. The van der Waals surface area contributed by atoms with Crippen molar-refractivity contribution in [2.75, 3.05) is 5.73 Å². The summed E-state index contributed by atoms with van der Waals surface area (Å²) < 4.78 is 2.55. The largest absolute Gasteiger partial charge is 0.399 e. The lowest BCUT2D eigenvalue weighted by atomic mass is 10.0. The van der Waals surface area contributed by atoms with Crippen molar-refractivity contribution in [2.24, 2.45) is 7.05 Å². The van der Waals surface area contributed by atoms with Gasteiger partial charge in [-0.2, -0.15) is 5.10 Å². The number of ketones is 1. The maximum absolute atomic E-state index is 12.5. The Morgan fingerprint density at radius 2 is 2.05 bits per heavy atom. The Labute approximate surface area is 130 Å². The summed E-state index contributed by atoms with van der Waals surface area (Å²) in [5.41, 5.74) is 8.73. The first-order valence-corrected chi connectivity index (χ1v) is 7.34. The summed E-state index contributed by atoms with van der Waals surface area (Å²) in [6.07, 6.45) is 0.253. The van der Waals surface area contributed by atoms with Crippen LogP contribution in [0.3, 0.4) is 0 Å². The Balaban J connectivity index is 1.99. The summed E-state index contributed by atoms with van der Waals surface area (Å²) in [6, 6.07) is 13.1. The highest BCUT2D eigenvalue weighted by Crippen LogP contribution is 2.23. The van der Waals surface area contributed by atoms with Gasteiger partial charge in [0.25, 0.3) is 0 Å². The number of benzene rings is 2. The number of rotatable bonds is 3. The van der Waals surface area contributed by atoms with Crippen LogP contribution in [0.25, 0.3) is 10.9 Å². The third-order valence-corrected chi connectivity index (χ3v) is 4.14. The number of anilines is 1. The van der Waals surface area contributed by atoms with Gasteiger partial charge >= 0.3 is 0 Å². The van der Waals surface area contributed by atoms with Gasteiger partial charge in [0.1, 0.15) is 0 Å². The molecule has 0 spiro atoms. The van der Waals surface area contributed by atoms with Crippen molar-refractivity contribution in [1.82, 2.24) is 9.78 Å². The molecule has 0 unspecified atom stereocenters. The first kappa shape index (κ1) is 13.8. The molecule has 1 heterocycles. The highest BCUT2D eigenvalue weighted by Gasteiger charge is 2.16. The van der Waals surface area contributed by atoms with Crippen molar-refractivity contribution < 1.29 is 4.79 Å². The zero-order chi connectivity index (χ0) is 15.0. The molecule has 0 radical (unpaired) electrons. The van der Waals surface area contributed by atoms with E-state index in [1.807, 2.05) is 31.3 Å². The quantitative estimate of drug-likeness (QED) is 0.586. The van der Waals surface area contributed by atoms with Crippen LogP contribution in [0.5, 0.6) is 0 Å². The first-order chi connectivity index (χ1) is 10.1. The third-order valence-electron chi connectivity index (χ3n) is 3.45. The summed E-state index contributed by atoms with van der Waals surface area (Å²) in [5.74, 6) is -0.00183. The minimum absolute atomic E-state index is 0.00183. The molecule has 0 amide bonds. The van der Waals surface area contributed by atoms with Crippen LogP contribution >= 0.6 is 15.9 Å². The van der Waals surface area contributed by atoms with Crippen molar-refractivity contribution in [3.05, 3.63) is 58.2 Å². The maximum atomic E-state index is 12.5. The van der Waals surface area contributed by atoms with Crippen LogP contribution in [0.4, 0.5) is 5.69 Å². The van der Waals surface area contributed by atoms with Crippen LogP contribution < -0.4 is 5.73 Å². The molecule has 21 heavy (non-hydrogen) atoms. The SMILES string of the molecule is Cn1nc(CC(=O)c2cc(N)ccc2Br)c2ccccc21. The van der Waals surface area contributed by atoms with Gasteiger partial charge < -0.3 is 5.73 Å². The second kappa shape index (κ2) is 5.33. The molecule has 0 aliphatic heterocycles. The summed E-state index contributed by atoms with van der Waals surface area (Å²) in [5, 5.41) is 5.46. The van der Waals surface area contributed by atoms with Crippen LogP contribution in [-0.2, 0) is 13.5 Å². The van der Waals surface area contributed by atoms with Crippen LogP contribution in [0, 0.1) is 0 Å². The molecule has 0 bridgehead atoms. The molecule has 0 saturated heterocycles. The van der Waals surface area contributed by atoms with Crippen LogP contribution in [0.15, 0.2) is 46.9 Å². The number of Topliss-reactive ketones (excluding diaryl/α,β-unsaturated/α-hetero) is 1. The van der Waals surface area contributed by atoms with E-state index in [1.165, 1.54) is 0 Å². The number of hydrogen-bond donors (Lipinski definition) is 1. The molecule has 0 fully saturated rings. The van der Waals surface area contributed by atoms with E-state index in [4.69, 9.17) is 5.73 Å². The van der Waals surface area contributed by atoms with Gasteiger partial charge in [-0.05, 0) is 24.3 Å². The second-order valence-corrected chi connectivity index (χ2v) is 5.78. The molecule has 3 rings (SSSR count). The number of para-hydroxylation sites is 1. The molecule has 0 atom stereocenters. The lowest BCUT2D eigenvalue weighted by Gasteiger charge is -2.04. The molecule has 3 aromatic rings. The normalized spacial score (nSPS) is 11.0. The van der Waals surface area contributed by atoms with Crippen LogP contribution in [0.1, 0.15) is 16.1 Å². The van der Waals surface area contributed by atoms with Crippen molar-refractivity contribution in [1.29, 1.82) is 0 Å². The highest BCUT2D eigenvalue weighted by atomic mass is 79.9. The standard InChI is InChI=1S/C16H14BrN3O/c1-20-15-5-3-2-4-11(15)14(19-20)9-16(21)12-8-10(18)6-7-13(12)17/h2-8H,9,18H2,1H3. The fourth-order valence-electron chi connectivity index (χ4n) is 2.42. The van der Waals surface area contributed by atoms with Crippen LogP contribution in [-0.4, -0.2) is 15.6 Å². The van der Waals surface area contributed by atoms with E-state index in [0.717, 1.165) is 21.1 Å². The number of nitrogens with zero attached hydrogens (tertiary/aromatic N) is 2. The van der Waals surface area contributed by atoms with Crippen molar-refractivity contribution >= 4 is 38.3 Å². The first-order valence-electron chi connectivity index (χ1n) is 6.55. The molecule has 5 heteroatoms. The third kappa shape index (κ3) is 2.56. The number of nitrogens with two attached hydrogens (primary N) is 1. The van der Waals surface area contributed by atoms with Gasteiger partial charge in [-0.3, -0.25) is 9.48 Å². The molecule has 2 aromatic carbocycles. The molecule has 0 saturated carbocycles. The van der Waals surface area contributed by atoms with E-state index in [1.54, 1.807) is 22.9 Å². The van der Waals surface area contributed by atoms with Gasteiger partial charge in [0, 0.05) is 28.2 Å². The van der Waals surface area contributed by atoms with E-state index < -0.39 is 0 Å². The van der Waals surface area contributed by atoms with Crippen molar-refractivity contribution in [3.63, 3.8) is 0 Å². The lowest BCUT2D eigenvalue weighted by Crippen LogP contribution is -2.06. The molecule has 4 nitrogen and oxygen atoms in total. The lowest BCUT2D eigenvalue weighted by molar-refractivity contribution is 0.0991. The average Bonchev–Trinajstić information content (AvgIpc) is 2.78. The summed E-state index contributed by atoms with van der Waals surface area (Å²) in [7, 11) is 1.88. The fraction of sp³-hybridized carbons (Fsp3) is 0.125. The van der Waals surface area contributed by atoms with E-state index in [9.17, 15) is 4.79 Å². The molecule has 1 aromatic heterocycles. The molecule has 2 N–H and O–H groups in total. The zero-order valence-corrected chi connectivity index (χ0v) is 13.1. The van der Waals surface area contributed by atoms with Crippen molar-refractivity contribution in [3.8, 4) is 0 Å². The fourth-order valence-corrected chi connectivity index (χ4v) is 2.89. The molecule has 0 aliphatic carbocycles. The number of aryl methyl sites for hydroxylation is 1. The molecular weight excluding hydrogens is 330 g/mol. The average molecular weight is 344 g/mol. The summed E-state index contributed by atoms with van der Waals surface area (Å²) >= 11 is 3.40. The topological polar surface area (TPSA) is 60.9 Å². The van der Waals surface area contributed by atoms with Gasteiger partial charge in [0.2, 0.25) is 0 Å². The molecule has 106 valence electrons. The monoisotopic (exact) mass is 343 g/mol. The van der Waals surface area contributed by atoms with Gasteiger partial charge in [0.05, 0.1) is 17.6 Å². The van der Waals surface area contributed by atoms with E-state index in [0.29, 0.717) is 11.3 Å². The number of fused-ring (bicyclic) bond motifs is 1. The molecule has 0 aliphatic rings. The smallest absolute Gasteiger partial charge is 0.170 e. The predicted molar refractivity (Wildman–Crippen MR) is 87.3 cm³/mol. The minimum Gasteiger partial charge on any atom is -0.399 e. The van der Waals surface area contributed by atoms with Crippen molar-refractivity contribution in [2.45, 2.75) is 6.42 Å². The van der Waals surface area contributed by atoms with Gasteiger partial charge in [0.15, 0.2) is 5.78 Å². The number of carbonyl (C=O) groups is 1. The molecular formula is C16H14BrN3O. The van der Waals surface area contributed by atoms with Gasteiger partial charge in [-0.15, -0.1) is 0 Å². The van der Waals surface area contributed by atoms with Gasteiger partial charge in [-0.1, -0.05) is 34.1 Å². The Morgan fingerprint density at radius 1 is 1.29 bits per heavy atom. The van der Waals surface area contributed by atoms with Crippen LogP contribution in [0.2, 0.25) is 0 Å². The Morgan fingerprint density at radius 3 is 2.86 bits per heavy atom. The van der Waals surface area contributed by atoms with E-state index in [2.05, 4.69) is 21.0 Å². The van der Waals surface area contributed by atoms with Gasteiger partial charge in [-0.25, -0.2) is 0 Å². The highest BCUT2D eigenvalue weighted by molar-refractivity contribution is 9.10. The number of halogens is 1. The number of nitrogen functional groups attached to an aromatic ring is 1. The van der Waals surface area contributed by atoms with E-state index >= 15 is 0 Å².